The van der Waals surface area contributed by atoms with Gasteiger partial charge in [-0.25, -0.2) is 4.98 Å². The highest BCUT2D eigenvalue weighted by molar-refractivity contribution is 5.97. The number of nitrogens with two attached hydrogens (primary N) is 1. The minimum atomic E-state index is -0.267. The Morgan fingerprint density at radius 1 is 1.24 bits per heavy atom. The standard InChI is InChI=1S/C21H20N4O4/c1-27-12-3-4-17-13(7-12)14(10-25(17)6-2-5-22)20-21(26)24-16-9-19-18(28-11-29-19)8-15(16)23-20/h3-4,7-10H,2,5-6,11,22H2,1H3,(H,24,26). The first-order chi connectivity index (χ1) is 14.2. The number of methoxy groups -OCH3 is 1. The summed E-state index contributed by atoms with van der Waals surface area (Å²) in [4.78, 5) is 20.5. The number of H-pyrrole nitrogens is 1. The summed E-state index contributed by atoms with van der Waals surface area (Å²) in [5, 5.41) is 0.902. The molecular weight excluding hydrogens is 372 g/mol. The number of aromatic nitrogens is 3. The zero-order chi connectivity index (χ0) is 20.0. The molecule has 4 aromatic rings. The summed E-state index contributed by atoms with van der Waals surface area (Å²) in [6.45, 7) is 1.51. The van der Waals surface area contributed by atoms with Crippen molar-refractivity contribution >= 4 is 21.9 Å². The van der Waals surface area contributed by atoms with Crippen LogP contribution in [0, 0.1) is 0 Å². The highest BCUT2D eigenvalue weighted by Crippen LogP contribution is 2.36. The summed E-state index contributed by atoms with van der Waals surface area (Å²) in [5.41, 5.74) is 8.76. The van der Waals surface area contributed by atoms with Crippen LogP contribution in [0.3, 0.4) is 0 Å². The Morgan fingerprint density at radius 2 is 2.07 bits per heavy atom. The molecule has 3 heterocycles. The van der Waals surface area contributed by atoms with Crippen LogP contribution in [0.2, 0.25) is 0 Å². The van der Waals surface area contributed by atoms with Gasteiger partial charge in [0.25, 0.3) is 5.56 Å². The zero-order valence-electron chi connectivity index (χ0n) is 15.9. The fourth-order valence-electron chi connectivity index (χ4n) is 3.70. The maximum absolute atomic E-state index is 12.9. The summed E-state index contributed by atoms with van der Waals surface area (Å²) >= 11 is 0. The predicted molar refractivity (Wildman–Crippen MR) is 110 cm³/mol. The van der Waals surface area contributed by atoms with Gasteiger partial charge in [-0.2, -0.15) is 0 Å². The second-order valence-electron chi connectivity index (χ2n) is 6.90. The second kappa shape index (κ2) is 6.82. The predicted octanol–water partition coefficient (Wildman–Crippen LogP) is 2.63. The van der Waals surface area contributed by atoms with Gasteiger partial charge in [0.1, 0.15) is 11.4 Å². The van der Waals surface area contributed by atoms with Gasteiger partial charge in [0.15, 0.2) is 11.5 Å². The molecule has 1 aliphatic heterocycles. The van der Waals surface area contributed by atoms with Crippen LogP contribution >= 0.6 is 0 Å². The molecule has 8 nitrogen and oxygen atoms in total. The Hall–Kier alpha value is -3.52. The van der Waals surface area contributed by atoms with E-state index in [4.69, 9.17) is 19.9 Å². The number of nitrogens with one attached hydrogen (secondary N) is 1. The Morgan fingerprint density at radius 3 is 2.86 bits per heavy atom. The van der Waals surface area contributed by atoms with E-state index in [-0.39, 0.29) is 12.4 Å². The Balaban J connectivity index is 1.73. The molecule has 0 bridgehead atoms. The van der Waals surface area contributed by atoms with Crippen molar-refractivity contribution in [2.45, 2.75) is 13.0 Å². The molecule has 0 saturated heterocycles. The number of nitrogens with zero attached hydrogens (tertiary/aromatic N) is 2. The zero-order valence-corrected chi connectivity index (χ0v) is 15.9. The quantitative estimate of drug-likeness (QED) is 0.541. The normalized spacial score (nSPS) is 12.8. The minimum absolute atomic E-state index is 0.164. The summed E-state index contributed by atoms with van der Waals surface area (Å²) in [7, 11) is 1.62. The smallest absolute Gasteiger partial charge is 0.275 e. The number of hydrogen-bond acceptors (Lipinski definition) is 6. The number of fused-ring (bicyclic) bond motifs is 3. The SMILES string of the molecule is COc1ccc2c(c1)c(-c1nc3cc4c(cc3[nH]c1=O)OCO4)cn2CCCN. The minimum Gasteiger partial charge on any atom is -0.497 e. The topological polar surface area (TPSA) is 104 Å². The third-order valence-electron chi connectivity index (χ3n) is 5.13. The molecular formula is C21H20N4O4. The van der Waals surface area contributed by atoms with Crippen molar-refractivity contribution in [1.82, 2.24) is 14.5 Å². The van der Waals surface area contributed by atoms with Gasteiger partial charge in [0.2, 0.25) is 6.79 Å². The van der Waals surface area contributed by atoms with Crippen LogP contribution in [-0.4, -0.2) is 35.0 Å². The molecule has 0 fully saturated rings. The van der Waals surface area contributed by atoms with Crippen LogP contribution < -0.4 is 25.5 Å². The number of aromatic amines is 1. The van der Waals surface area contributed by atoms with Gasteiger partial charge in [-0.05, 0) is 31.2 Å². The Kier molecular flexibility index (Phi) is 4.13. The van der Waals surface area contributed by atoms with E-state index in [0.29, 0.717) is 34.8 Å². The summed E-state index contributed by atoms with van der Waals surface area (Å²) in [6, 6.07) is 9.34. The van der Waals surface area contributed by atoms with Crippen LogP contribution in [0.25, 0.3) is 33.2 Å². The number of hydrogen-bond donors (Lipinski definition) is 2. The van der Waals surface area contributed by atoms with Crippen LogP contribution in [0.15, 0.2) is 41.3 Å². The number of benzene rings is 2. The lowest BCUT2D eigenvalue weighted by molar-refractivity contribution is 0.174. The van der Waals surface area contributed by atoms with E-state index >= 15 is 0 Å². The van der Waals surface area contributed by atoms with Gasteiger partial charge < -0.3 is 29.5 Å². The monoisotopic (exact) mass is 392 g/mol. The summed E-state index contributed by atoms with van der Waals surface area (Å²) in [5.74, 6) is 1.94. The van der Waals surface area contributed by atoms with Crippen molar-refractivity contribution < 1.29 is 14.2 Å². The van der Waals surface area contributed by atoms with Crippen molar-refractivity contribution in [3.63, 3.8) is 0 Å². The Bertz CT molecular complexity index is 1290. The van der Waals surface area contributed by atoms with Crippen molar-refractivity contribution in [3.8, 4) is 28.5 Å². The third kappa shape index (κ3) is 2.89. The van der Waals surface area contributed by atoms with Gasteiger partial charge in [0.05, 0.1) is 18.1 Å². The molecule has 148 valence electrons. The van der Waals surface area contributed by atoms with Gasteiger partial charge in [0, 0.05) is 41.3 Å². The van der Waals surface area contributed by atoms with Crippen LogP contribution in [0.4, 0.5) is 0 Å². The highest BCUT2D eigenvalue weighted by Gasteiger charge is 2.19. The lowest BCUT2D eigenvalue weighted by atomic mass is 10.1. The maximum atomic E-state index is 12.9. The van der Waals surface area contributed by atoms with Crippen molar-refractivity contribution in [2.24, 2.45) is 5.73 Å². The average molecular weight is 392 g/mol. The van der Waals surface area contributed by atoms with Gasteiger partial charge in [-0.3, -0.25) is 4.79 Å². The summed E-state index contributed by atoms with van der Waals surface area (Å²) in [6.07, 6.45) is 2.79. The second-order valence-corrected chi connectivity index (χ2v) is 6.90. The fraction of sp³-hybridized carbons (Fsp3) is 0.238. The molecule has 0 radical (unpaired) electrons. The largest absolute Gasteiger partial charge is 0.497 e. The summed E-state index contributed by atoms with van der Waals surface area (Å²) < 4.78 is 18.3. The first-order valence-electron chi connectivity index (χ1n) is 9.39. The number of rotatable bonds is 5. The highest BCUT2D eigenvalue weighted by atomic mass is 16.7. The van der Waals surface area contributed by atoms with E-state index in [2.05, 4.69) is 14.5 Å². The molecule has 5 rings (SSSR count). The molecule has 2 aromatic carbocycles. The van der Waals surface area contributed by atoms with E-state index in [1.807, 2.05) is 24.4 Å². The van der Waals surface area contributed by atoms with E-state index in [1.165, 1.54) is 0 Å². The average Bonchev–Trinajstić information content (AvgIpc) is 3.33. The molecule has 8 heteroatoms. The van der Waals surface area contributed by atoms with E-state index in [9.17, 15) is 4.79 Å². The van der Waals surface area contributed by atoms with Crippen molar-refractivity contribution in [3.05, 3.63) is 46.9 Å². The molecule has 0 amide bonds. The van der Waals surface area contributed by atoms with Crippen molar-refractivity contribution in [2.75, 3.05) is 20.4 Å². The Labute approximate surface area is 165 Å². The molecule has 29 heavy (non-hydrogen) atoms. The molecule has 0 saturated carbocycles. The van der Waals surface area contributed by atoms with E-state index < -0.39 is 0 Å². The lowest BCUT2D eigenvalue weighted by Crippen LogP contribution is -2.11. The number of aryl methyl sites for hydroxylation is 1. The molecule has 2 aromatic heterocycles. The van der Waals surface area contributed by atoms with E-state index in [1.54, 1.807) is 19.2 Å². The van der Waals surface area contributed by atoms with Gasteiger partial charge >= 0.3 is 0 Å². The fourth-order valence-corrected chi connectivity index (χ4v) is 3.70. The molecule has 0 spiro atoms. The van der Waals surface area contributed by atoms with Gasteiger partial charge in [-0.15, -0.1) is 0 Å². The van der Waals surface area contributed by atoms with E-state index in [0.717, 1.165) is 35.2 Å². The van der Waals surface area contributed by atoms with Crippen LogP contribution in [0.1, 0.15) is 6.42 Å². The van der Waals surface area contributed by atoms with Crippen LogP contribution in [-0.2, 0) is 6.54 Å². The van der Waals surface area contributed by atoms with Crippen molar-refractivity contribution in [1.29, 1.82) is 0 Å². The van der Waals surface area contributed by atoms with Gasteiger partial charge in [-0.1, -0.05) is 0 Å². The van der Waals surface area contributed by atoms with Crippen LogP contribution in [0.5, 0.6) is 17.2 Å². The molecule has 0 aliphatic carbocycles. The first kappa shape index (κ1) is 17.6. The lowest BCUT2D eigenvalue weighted by Gasteiger charge is -2.05. The third-order valence-corrected chi connectivity index (χ3v) is 5.13. The number of ether oxygens (including phenoxy) is 3. The molecule has 3 N–H and O–H groups in total. The molecule has 0 unspecified atom stereocenters. The maximum Gasteiger partial charge on any atom is 0.275 e. The first-order valence-corrected chi connectivity index (χ1v) is 9.39. The molecule has 1 aliphatic rings. The molecule has 0 atom stereocenters.